The average Bonchev–Trinajstić information content (AvgIpc) is 3.63. The van der Waals surface area contributed by atoms with E-state index >= 15 is 0 Å². The van der Waals surface area contributed by atoms with Crippen LogP contribution in [-0.2, 0) is 17.8 Å². The number of nitrogens with two attached hydrogens (primary N) is 1. The predicted molar refractivity (Wildman–Crippen MR) is 140 cm³/mol. The lowest BCUT2D eigenvalue weighted by Gasteiger charge is -2.37. The summed E-state index contributed by atoms with van der Waals surface area (Å²) in [6.07, 6.45) is 11.7. The number of hydrogen-bond acceptors (Lipinski definition) is 4. The van der Waals surface area contributed by atoms with E-state index in [1.165, 1.54) is 44.9 Å². The van der Waals surface area contributed by atoms with E-state index in [2.05, 4.69) is 4.57 Å². The van der Waals surface area contributed by atoms with E-state index in [1.807, 2.05) is 34.1 Å². The maximum atomic E-state index is 13.1. The van der Waals surface area contributed by atoms with Gasteiger partial charge in [0.1, 0.15) is 16.7 Å². The van der Waals surface area contributed by atoms with Crippen molar-refractivity contribution in [1.82, 2.24) is 19.4 Å². The third kappa shape index (κ3) is 4.34. The van der Waals surface area contributed by atoms with Crippen molar-refractivity contribution < 1.29 is 9.59 Å². The van der Waals surface area contributed by atoms with Crippen LogP contribution in [0.5, 0.6) is 0 Å². The van der Waals surface area contributed by atoms with Gasteiger partial charge < -0.3 is 20.1 Å². The zero-order valence-corrected chi connectivity index (χ0v) is 21.7. The minimum Gasteiger partial charge on any atom is -0.338 e. The zero-order chi connectivity index (χ0) is 24.9. The first-order valence-corrected chi connectivity index (χ1v) is 14.0. The molecule has 2 aromatic rings. The molecule has 4 aliphatic rings. The molecule has 8 heteroatoms. The van der Waals surface area contributed by atoms with Crippen molar-refractivity contribution in [3.8, 4) is 11.3 Å². The second kappa shape index (κ2) is 9.18. The van der Waals surface area contributed by atoms with Crippen molar-refractivity contribution in [2.45, 2.75) is 76.3 Å². The third-order valence-electron chi connectivity index (χ3n) is 9.02. The fourth-order valence-corrected chi connectivity index (χ4v) is 6.76. The van der Waals surface area contributed by atoms with Crippen LogP contribution in [0.4, 0.5) is 0 Å². The maximum absolute atomic E-state index is 13.1. The first-order chi connectivity index (χ1) is 17.4. The molecule has 192 valence electrons. The van der Waals surface area contributed by atoms with Gasteiger partial charge in [-0.05, 0) is 49.7 Å². The molecule has 1 aromatic heterocycles. The van der Waals surface area contributed by atoms with Crippen LogP contribution in [0.1, 0.15) is 74.0 Å². The number of hydrogen-bond donors (Lipinski definition) is 1. The van der Waals surface area contributed by atoms with Crippen molar-refractivity contribution >= 4 is 23.4 Å². The molecule has 2 aliphatic heterocycles. The molecule has 2 amide bonds. The molecule has 36 heavy (non-hydrogen) atoms. The standard InChI is InChI=1S/C28H36ClN5O2/c29-24-23(31-22-19-27(13-14-34(22)24)9-3-1-2-4-10-27)20-5-7-21(8-6-20)25(35)32-15-17-33(18-16-32)26(36)28(30)11-12-28/h5-8H,1-4,9-19,30H2. The molecule has 0 unspecified atom stereocenters. The first kappa shape index (κ1) is 24.0. The van der Waals surface area contributed by atoms with Gasteiger partial charge >= 0.3 is 0 Å². The van der Waals surface area contributed by atoms with Gasteiger partial charge in [-0.2, -0.15) is 0 Å². The van der Waals surface area contributed by atoms with E-state index in [0.29, 0.717) is 42.3 Å². The number of carbonyl (C=O) groups is 2. The molecule has 0 bridgehead atoms. The molecule has 3 fully saturated rings. The molecule has 0 radical (unpaired) electrons. The molecular weight excluding hydrogens is 474 g/mol. The molecule has 2 N–H and O–H groups in total. The zero-order valence-electron chi connectivity index (χ0n) is 21.0. The highest BCUT2D eigenvalue weighted by Crippen LogP contribution is 2.45. The summed E-state index contributed by atoms with van der Waals surface area (Å²) >= 11 is 6.82. The second-order valence-corrected chi connectivity index (χ2v) is 11.8. The monoisotopic (exact) mass is 509 g/mol. The Morgan fingerprint density at radius 1 is 0.833 bits per heavy atom. The van der Waals surface area contributed by atoms with Crippen molar-refractivity contribution in [3.05, 3.63) is 40.8 Å². The number of amides is 2. The number of piperazine rings is 1. The molecule has 1 aromatic carbocycles. The van der Waals surface area contributed by atoms with Crippen LogP contribution in [0, 0.1) is 5.41 Å². The van der Waals surface area contributed by atoms with Gasteiger partial charge in [0.05, 0.1) is 5.54 Å². The summed E-state index contributed by atoms with van der Waals surface area (Å²) in [7, 11) is 0. The molecule has 1 saturated heterocycles. The van der Waals surface area contributed by atoms with E-state index in [9.17, 15) is 9.59 Å². The molecule has 3 heterocycles. The number of halogens is 1. The SMILES string of the molecule is NC1(C(=O)N2CCN(C(=O)c3ccc(-c4nc5n(c4Cl)CCC4(CCCCCC4)C5)cc3)CC2)CC1. The molecule has 2 saturated carbocycles. The van der Waals surface area contributed by atoms with Crippen molar-refractivity contribution in [3.63, 3.8) is 0 Å². The van der Waals surface area contributed by atoms with Gasteiger partial charge in [0.25, 0.3) is 5.91 Å². The summed E-state index contributed by atoms with van der Waals surface area (Å²) in [5.74, 6) is 1.14. The highest BCUT2D eigenvalue weighted by molar-refractivity contribution is 6.32. The van der Waals surface area contributed by atoms with Crippen LogP contribution in [0.25, 0.3) is 11.3 Å². The lowest BCUT2D eigenvalue weighted by Crippen LogP contribution is -2.55. The Morgan fingerprint density at radius 3 is 2.11 bits per heavy atom. The molecule has 2 aliphatic carbocycles. The molecule has 6 rings (SSSR count). The number of nitrogens with zero attached hydrogens (tertiary/aromatic N) is 4. The molecule has 0 atom stereocenters. The van der Waals surface area contributed by atoms with Crippen LogP contribution >= 0.6 is 11.6 Å². The van der Waals surface area contributed by atoms with Crippen LogP contribution in [0.3, 0.4) is 0 Å². The minimum atomic E-state index is -0.647. The topological polar surface area (TPSA) is 84.5 Å². The van der Waals surface area contributed by atoms with Crippen molar-refractivity contribution in [2.75, 3.05) is 26.2 Å². The normalized spacial score (nSPS) is 22.7. The van der Waals surface area contributed by atoms with Gasteiger partial charge in [-0.25, -0.2) is 4.98 Å². The number of aromatic nitrogens is 2. The molecule has 7 nitrogen and oxygen atoms in total. The smallest absolute Gasteiger partial charge is 0.253 e. The van der Waals surface area contributed by atoms with Crippen molar-refractivity contribution in [1.29, 1.82) is 0 Å². The lowest BCUT2D eigenvalue weighted by molar-refractivity contribution is -0.135. The highest BCUT2D eigenvalue weighted by atomic mass is 35.5. The Hall–Kier alpha value is -2.38. The quantitative estimate of drug-likeness (QED) is 0.669. The Balaban J connectivity index is 1.13. The van der Waals surface area contributed by atoms with Crippen LogP contribution in [-0.4, -0.2) is 62.9 Å². The third-order valence-corrected chi connectivity index (χ3v) is 9.40. The summed E-state index contributed by atoms with van der Waals surface area (Å²) in [4.78, 5) is 34.2. The fraction of sp³-hybridized carbons (Fsp3) is 0.607. The minimum absolute atomic E-state index is 0.00642. The van der Waals surface area contributed by atoms with Gasteiger partial charge in [0.15, 0.2) is 0 Å². The molecular formula is C28H36ClN5O2. The summed E-state index contributed by atoms with van der Waals surface area (Å²) < 4.78 is 2.19. The summed E-state index contributed by atoms with van der Waals surface area (Å²) in [6.45, 7) is 3.09. The Bertz CT molecular complexity index is 1150. The van der Waals surface area contributed by atoms with Gasteiger partial charge in [0, 0.05) is 50.3 Å². The van der Waals surface area contributed by atoms with Gasteiger partial charge in [-0.1, -0.05) is 49.4 Å². The van der Waals surface area contributed by atoms with Crippen LogP contribution < -0.4 is 5.73 Å². The predicted octanol–water partition coefficient (Wildman–Crippen LogP) is 4.27. The summed E-state index contributed by atoms with van der Waals surface area (Å²) in [5, 5.41) is 0.710. The second-order valence-electron chi connectivity index (χ2n) is 11.5. The maximum Gasteiger partial charge on any atom is 0.253 e. The van der Waals surface area contributed by atoms with Crippen LogP contribution in [0.2, 0.25) is 5.15 Å². The van der Waals surface area contributed by atoms with E-state index in [4.69, 9.17) is 22.3 Å². The van der Waals surface area contributed by atoms with E-state index in [-0.39, 0.29) is 11.8 Å². The largest absolute Gasteiger partial charge is 0.338 e. The van der Waals surface area contributed by atoms with Crippen molar-refractivity contribution in [2.24, 2.45) is 11.1 Å². The summed E-state index contributed by atoms with van der Waals surface area (Å²) in [6, 6.07) is 7.66. The highest BCUT2D eigenvalue weighted by Gasteiger charge is 2.48. The Morgan fingerprint density at radius 2 is 1.47 bits per heavy atom. The van der Waals surface area contributed by atoms with E-state index in [1.54, 1.807) is 0 Å². The van der Waals surface area contributed by atoms with E-state index < -0.39 is 5.54 Å². The number of benzene rings is 1. The number of imidazole rings is 1. The molecule has 1 spiro atoms. The average molecular weight is 510 g/mol. The van der Waals surface area contributed by atoms with E-state index in [0.717, 1.165) is 42.9 Å². The number of fused-ring (bicyclic) bond motifs is 1. The van der Waals surface area contributed by atoms with Gasteiger partial charge in [-0.15, -0.1) is 0 Å². The first-order valence-electron chi connectivity index (χ1n) is 13.6. The Labute approximate surface area is 218 Å². The fourth-order valence-electron chi connectivity index (χ4n) is 6.43. The summed E-state index contributed by atoms with van der Waals surface area (Å²) in [5.41, 5.74) is 8.23. The Kier molecular flexibility index (Phi) is 6.11. The number of carbonyl (C=O) groups excluding carboxylic acids is 2. The number of rotatable bonds is 3. The van der Waals surface area contributed by atoms with Gasteiger partial charge in [0.2, 0.25) is 5.91 Å². The lowest BCUT2D eigenvalue weighted by atomic mass is 9.73. The van der Waals surface area contributed by atoms with Crippen LogP contribution in [0.15, 0.2) is 24.3 Å². The van der Waals surface area contributed by atoms with Gasteiger partial charge in [-0.3, -0.25) is 9.59 Å².